The van der Waals surface area contributed by atoms with E-state index >= 15 is 0 Å². The fourth-order valence-electron chi connectivity index (χ4n) is 3.24. The Hall–Kier alpha value is -2.65. The summed E-state index contributed by atoms with van der Waals surface area (Å²) in [6.07, 6.45) is -0.264. The highest BCUT2D eigenvalue weighted by Gasteiger charge is 2.25. The van der Waals surface area contributed by atoms with Crippen LogP contribution >= 0.6 is 11.3 Å². The van der Waals surface area contributed by atoms with Crippen molar-refractivity contribution in [2.45, 2.75) is 39.9 Å². The Kier molecular flexibility index (Phi) is 8.09. The molecule has 2 aromatic rings. The predicted octanol–water partition coefficient (Wildman–Crippen LogP) is 3.31. The maximum atomic E-state index is 12.4. The van der Waals surface area contributed by atoms with Gasteiger partial charge in [0.05, 0.1) is 10.7 Å². The third kappa shape index (κ3) is 7.49. The summed E-state index contributed by atoms with van der Waals surface area (Å²) in [7, 11) is 0. The lowest BCUT2D eigenvalue weighted by Crippen LogP contribution is -2.51. The molecule has 32 heavy (non-hydrogen) atoms. The average Bonchev–Trinajstić information content (AvgIpc) is 3.17. The third-order valence-electron chi connectivity index (χ3n) is 4.91. The zero-order valence-corrected chi connectivity index (χ0v) is 20.0. The van der Waals surface area contributed by atoms with Crippen LogP contribution in [0.25, 0.3) is 0 Å². The van der Waals surface area contributed by atoms with Gasteiger partial charge in [-0.3, -0.25) is 9.69 Å². The molecular weight excluding hydrogens is 428 g/mol. The van der Waals surface area contributed by atoms with Crippen molar-refractivity contribution in [2.24, 2.45) is 0 Å². The number of nitrogens with zero attached hydrogens (tertiary/aromatic N) is 3. The van der Waals surface area contributed by atoms with Gasteiger partial charge >= 0.3 is 6.09 Å². The summed E-state index contributed by atoms with van der Waals surface area (Å²) in [5, 5.41) is 5.95. The van der Waals surface area contributed by atoms with Crippen LogP contribution in [-0.4, -0.2) is 71.7 Å². The Morgan fingerprint density at radius 1 is 1.12 bits per heavy atom. The maximum Gasteiger partial charge on any atom is 0.410 e. The molecule has 1 aliphatic heterocycles. The molecule has 0 unspecified atom stereocenters. The van der Waals surface area contributed by atoms with Crippen LogP contribution in [-0.2, 0) is 11.3 Å². The van der Waals surface area contributed by atoms with Gasteiger partial charge in [-0.1, -0.05) is 0 Å². The maximum absolute atomic E-state index is 12.4. The van der Waals surface area contributed by atoms with Gasteiger partial charge in [0.25, 0.3) is 5.91 Å². The molecule has 1 saturated heterocycles. The molecule has 0 saturated carbocycles. The van der Waals surface area contributed by atoms with Crippen LogP contribution in [0.4, 0.5) is 4.79 Å². The van der Waals surface area contributed by atoms with Gasteiger partial charge in [0.1, 0.15) is 18.0 Å². The number of benzene rings is 1. The van der Waals surface area contributed by atoms with E-state index in [0.29, 0.717) is 37.6 Å². The highest BCUT2D eigenvalue weighted by Crippen LogP contribution is 2.16. The molecular formula is C23H32N4O4S. The number of hydrogen-bond donors (Lipinski definition) is 1. The summed E-state index contributed by atoms with van der Waals surface area (Å²) < 4.78 is 11.1. The molecule has 8 nitrogen and oxygen atoms in total. The number of aromatic nitrogens is 1. The zero-order chi connectivity index (χ0) is 23.1. The second-order valence-electron chi connectivity index (χ2n) is 8.74. The first-order chi connectivity index (χ1) is 15.2. The first-order valence-electron chi connectivity index (χ1n) is 10.8. The third-order valence-corrected chi connectivity index (χ3v) is 5.73. The number of aryl methyl sites for hydroxylation is 1. The van der Waals surface area contributed by atoms with Gasteiger partial charge in [-0.25, -0.2) is 9.78 Å². The first-order valence-corrected chi connectivity index (χ1v) is 11.7. The van der Waals surface area contributed by atoms with E-state index < -0.39 is 5.60 Å². The minimum Gasteiger partial charge on any atom is -0.487 e. The molecule has 1 fully saturated rings. The number of nitrogens with one attached hydrogen (secondary N) is 1. The molecule has 0 radical (unpaired) electrons. The number of piperazine rings is 1. The average molecular weight is 461 g/mol. The lowest BCUT2D eigenvalue weighted by molar-refractivity contribution is 0.0147. The van der Waals surface area contributed by atoms with Crippen LogP contribution in [0, 0.1) is 6.92 Å². The molecule has 1 aromatic carbocycles. The van der Waals surface area contributed by atoms with E-state index in [2.05, 4.69) is 15.2 Å². The SMILES string of the molecule is Cc1nc(COc2ccc(C(=O)NCCN3CCN(C(=O)OC(C)(C)C)CC3)cc2)cs1. The summed E-state index contributed by atoms with van der Waals surface area (Å²) in [5.74, 6) is 0.592. The molecule has 0 atom stereocenters. The quantitative estimate of drug-likeness (QED) is 0.683. The molecule has 0 bridgehead atoms. The Balaban J connectivity index is 1.35. The van der Waals surface area contributed by atoms with Gasteiger partial charge in [0.2, 0.25) is 0 Å². The van der Waals surface area contributed by atoms with Crippen LogP contribution in [0.3, 0.4) is 0 Å². The van der Waals surface area contributed by atoms with Crippen LogP contribution in [0.2, 0.25) is 0 Å². The molecule has 1 aromatic heterocycles. The molecule has 1 aliphatic rings. The Morgan fingerprint density at radius 2 is 1.81 bits per heavy atom. The predicted molar refractivity (Wildman–Crippen MR) is 124 cm³/mol. The van der Waals surface area contributed by atoms with Gasteiger partial charge in [0, 0.05) is 50.2 Å². The number of carbonyl (C=O) groups is 2. The molecule has 0 aliphatic carbocycles. The topological polar surface area (TPSA) is 84.0 Å². The van der Waals surface area contributed by atoms with E-state index in [1.165, 1.54) is 0 Å². The standard InChI is InChI=1S/C23H32N4O4S/c1-17-25-19(16-32-17)15-30-20-7-5-18(6-8-20)21(28)24-9-10-26-11-13-27(14-12-26)22(29)31-23(2,3)4/h5-8,16H,9-15H2,1-4H3,(H,24,28). The summed E-state index contributed by atoms with van der Waals surface area (Å²) in [6.45, 7) is 12.1. The van der Waals surface area contributed by atoms with Crippen LogP contribution in [0.1, 0.15) is 41.8 Å². The number of thiazole rings is 1. The summed E-state index contributed by atoms with van der Waals surface area (Å²) in [6, 6.07) is 7.11. The van der Waals surface area contributed by atoms with E-state index in [-0.39, 0.29) is 12.0 Å². The van der Waals surface area contributed by atoms with Gasteiger partial charge in [-0.05, 0) is 52.0 Å². The second kappa shape index (κ2) is 10.8. The van der Waals surface area contributed by atoms with E-state index in [1.54, 1.807) is 40.5 Å². The highest BCUT2D eigenvalue weighted by molar-refractivity contribution is 7.09. The number of rotatable bonds is 7. The number of ether oxygens (including phenoxy) is 2. The normalized spacial score (nSPS) is 14.8. The zero-order valence-electron chi connectivity index (χ0n) is 19.2. The van der Waals surface area contributed by atoms with Crippen molar-refractivity contribution >= 4 is 23.3 Å². The highest BCUT2D eigenvalue weighted by atomic mass is 32.1. The first kappa shape index (κ1) is 24.0. The number of carbonyl (C=O) groups excluding carboxylic acids is 2. The molecule has 2 amide bonds. The summed E-state index contributed by atoms with van der Waals surface area (Å²) in [4.78, 5) is 32.9. The molecule has 2 heterocycles. The Bertz CT molecular complexity index is 899. The van der Waals surface area contributed by atoms with Crippen molar-refractivity contribution in [1.82, 2.24) is 20.1 Å². The summed E-state index contributed by atoms with van der Waals surface area (Å²) in [5.41, 5.74) is 1.02. The Morgan fingerprint density at radius 3 is 2.41 bits per heavy atom. The van der Waals surface area contributed by atoms with Crippen LogP contribution in [0.15, 0.2) is 29.6 Å². The number of hydrogen-bond acceptors (Lipinski definition) is 7. The monoisotopic (exact) mass is 460 g/mol. The van der Waals surface area contributed by atoms with E-state index in [4.69, 9.17) is 9.47 Å². The van der Waals surface area contributed by atoms with Crippen molar-refractivity contribution in [3.05, 3.63) is 45.9 Å². The molecule has 174 valence electrons. The van der Waals surface area contributed by atoms with Gasteiger partial charge < -0.3 is 19.7 Å². The summed E-state index contributed by atoms with van der Waals surface area (Å²) >= 11 is 1.60. The smallest absolute Gasteiger partial charge is 0.410 e. The van der Waals surface area contributed by atoms with E-state index in [0.717, 1.165) is 30.3 Å². The van der Waals surface area contributed by atoms with Gasteiger partial charge in [-0.15, -0.1) is 11.3 Å². The van der Waals surface area contributed by atoms with Gasteiger partial charge in [-0.2, -0.15) is 0 Å². The minimum atomic E-state index is -0.483. The van der Waals surface area contributed by atoms with E-state index in [9.17, 15) is 9.59 Å². The van der Waals surface area contributed by atoms with Crippen molar-refractivity contribution in [2.75, 3.05) is 39.3 Å². The van der Waals surface area contributed by atoms with Gasteiger partial charge in [0.15, 0.2) is 0 Å². The minimum absolute atomic E-state index is 0.112. The lowest BCUT2D eigenvalue weighted by atomic mass is 10.2. The Labute approximate surface area is 193 Å². The van der Waals surface area contributed by atoms with Crippen LogP contribution in [0.5, 0.6) is 5.75 Å². The molecule has 0 spiro atoms. The lowest BCUT2D eigenvalue weighted by Gasteiger charge is -2.35. The van der Waals surface area contributed by atoms with Crippen molar-refractivity contribution in [3.8, 4) is 5.75 Å². The largest absolute Gasteiger partial charge is 0.487 e. The molecule has 3 rings (SSSR count). The van der Waals surface area contributed by atoms with E-state index in [1.807, 2.05) is 33.1 Å². The number of amides is 2. The fourth-order valence-corrected chi connectivity index (χ4v) is 3.84. The van der Waals surface area contributed by atoms with Crippen molar-refractivity contribution < 1.29 is 19.1 Å². The fraction of sp³-hybridized carbons (Fsp3) is 0.522. The van der Waals surface area contributed by atoms with Crippen molar-refractivity contribution in [3.63, 3.8) is 0 Å². The second-order valence-corrected chi connectivity index (χ2v) is 9.80. The van der Waals surface area contributed by atoms with Crippen molar-refractivity contribution in [1.29, 1.82) is 0 Å². The molecule has 9 heteroatoms. The van der Waals surface area contributed by atoms with Crippen LogP contribution < -0.4 is 10.1 Å². The molecule has 1 N–H and O–H groups in total.